The first kappa shape index (κ1) is 22.5. The van der Waals surface area contributed by atoms with E-state index in [0.29, 0.717) is 22.5 Å². The maximum Gasteiger partial charge on any atom is 0.256 e. The van der Waals surface area contributed by atoms with E-state index in [9.17, 15) is 14.0 Å². The van der Waals surface area contributed by atoms with Crippen LogP contribution in [-0.4, -0.2) is 29.9 Å². The second-order valence-corrected chi connectivity index (χ2v) is 8.74. The first-order valence-corrected chi connectivity index (χ1v) is 11.6. The number of aromatic nitrogens is 1. The number of benzene rings is 3. The van der Waals surface area contributed by atoms with Gasteiger partial charge in [0.1, 0.15) is 5.82 Å². The van der Waals surface area contributed by atoms with Gasteiger partial charge in [0.25, 0.3) is 5.91 Å². The zero-order valence-electron chi connectivity index (χ0n) is 19.1. The summed E-state index contributed by atoms with van der Waals surface area (Å²) in [4.78, 5) is 31.6. The zero-order chi connectivity index (χ0) is 24.4. The normalized spacial score (nSPS) is 14.1. The number of nitrogens with two attached hydrogens (primary N) is 1. The number of fused-ring (bicyclic) bond motifs is 1. The third-order valence-corrected chi connectivity index (χ3v) is 6.49. The van der Waals surface area contributed by atoms with Crippen molar-refractivity contribution in [2.45, 2.75) is 12.8 Å². The Hall–Kier alpha value is -4.26. The predicted octanol–water partition coefficient (Wildman–Crippen LogP) is 4.99. The van der Waals surface area contributed by atoms with Gasteiger partial charge in [0, 0.05) is 41.3 Å². The average molecular weight is 469 g/mol. The van der Waals surface area contributed by atoms with Gasteiger partial charge in [-0.05, 0) is 73.5 Å². The lowest BCUT2D eigenvalue weighted by Crippen LogP contribution is -2.38. The number of nitrogens with zero attached hydrogens (tertiary/aromatic N) is 2. The Balaban J connectivity index is 1.37. The number of carbonyl (C=O) groups is 2. The highest BCUT2D eigenvalue weighted by molar-refractivity contribution is 6.13. The van der Waals surface area contributed by atoms with Crippen LogP contribution in [0.2, 0.25) is 0 Å². The monoisotopic (exact) mass is 468 g/mol. The van der Waals surface area contributed by atoms with E-state index >= 15 is 0 Å². The molecule has 0 spiro atoms. The van der Waals surface area contributed by atoms with Crippen LogP contribution in [0.15, 0.2) is 78.9 Å². The molecule has 3 aromatic carbocycles. The summed E-state index contributed by atoms with van der Waals surface area (Å²) in [7, 11) is 0. The van der Waals surface area contributed by atoms with Gasteiger partial charge in [0.05, 0.1) is 16.8 Å². The summed E-state index contributed by atoms with van der Waals surface area (Å²) in [5, 5.41) is 3.72. The number of para-hydroxylation sites is 1. The van der Waals surface area contributed by atoms with Crippen LogP contribution in [0.3, 0.4) is 0 Å². The van der Waals surface area contributed by atoms with Crippen molar-refractivity contribution in [3.63, 3.8) is 0 Å². The molecule has 1 aliphatic rings. The highest BCUT2D eigenvalue weighted by Crippen LogP contribution is 2.27. The number of nitrogens with one attached hydrogen (secondary N) is 1. The number of rotatable bonds is 5. The lowest BCUT2D eigenvalue weighted by Gasteiger charge is -2.32. The van der Waals surface area contributed by atoms with E-state index < -0.39 is 0 Å². The quantitative estimate of drug-likeness (QED) is 0.432. The molecule has 2 heterocycles. The van der Waals surface area contributed by atoms with Gasteiger partial charge < -0.3 is 16.0 Å². The van der Waals surface area contributed by atoms with Crippen molar-refractivity contribution in [3.05, 3.63) is 90.2 Å². The third-order valence-electron chi connectivity index (χ3n) is 6.49. The number of carbonyl (C=O) groups excluding carboxylic acids is 2. The van der Waals surface area contributed by atoms with E-state index in [0.717, 1.165) is 42.6 Å². The molecule has 0 aliphatic carbocycles. The van der Waals surface area contributed by atoms with Crippen molar-refractivity contribution >= 4 is 34.1 Å². The fourth-order valence-corrected chi connectivity index (χ4v) is 4.51. The second-order valence-electron chi connectivity index (χ2n) is 8.74. The predicted molar refractivity (Wildman–Crippen MR) is 136 cm³/mol. The maximum atomic E-state index is 13.4. The average Bonchev–Trinajstić information content (AvgIpc) is 2.89. The molecule has 1 saturated heterocycles. The van der Waals surface area contributed by atoms with Crippen molar-refractivity contribution < 1.29 is 14.0 Å². The van der Waals surface area contributed by atoms with E-state index in [1.165, 1.54) is 12.1 Å². The minimum Gasteiger partial charge on any atom is -0.371 e. The molecule has 0 radical (unpaired) electrons. The number of piperidine rings is 1. The standard InChI is InChI=1S/C28H25FN4O2/c29-20-7-5-18(6-8-20)26-17-24(23-3-1-2-4-25(23)32-26)28(35)31-21-9-11-22(12-10-21)33-15-13-19(14-16-33)27(30)34/h1-12,17,19H,13-16H2,(H2,30,34)(H,31,35). The highest BCUT2D eigenvalue weighted by Gasteiger charge is 2.23. The van der Waals surface area contributed by atoms with E-state index in [1.54, 1.807) is 18.2 Å². The number of amides is 2. The van der Waals surface area contributed by atoms with Gasteiger partial charge in [-0.2, -0.15) is 0 Å². The van der Waals surface area contributed by atoms with Gasteiger partial charge in [-0.3, -0.25) is 9.59 Å². The summed E-state index contributed by atoms with van der Waals surface area (Å²) in [6.45, 7) is 1.54. The Morgan fingerprint density at radius 3 is 2.31 bits per heavy atom. The molecule has 0 saturated carbocycles. The van der Waals surface area contributed by atoms with Gasteiger partial charge in [-0.15, -0.1) is 0 Å². The summed E-state index contributed by atoms with van der Waals surface area (Å²) in [6, 6.07) is 22.9. The van der Waals surface area contributed by atoms with Gasteiger partial charge in [-0.1, -0.05) is 18.2 Å². The summed E-state index contributed by atoms with van der Waals surface area (Å²) in [6.07, 6.45) is 1.50. The molecule has 6 nitrogen and oxygen atoms in total. The largest absolute Gasteiger partial charge is 0.371 e. The molecule has 176 valence electrons. The fraction of sp³-hybridized carbons (Fsp3) is 0.179. The van der Waals surface area contributed by atoms with Crippen molar-refractivity contribution in [1.29, 1.82) is 0 Å². The fourth-order valence-electron chi connectivity index (χ4n) is 4.51. The summed E-state index contributed by atoms with van der Waals surface area (Å²) in [5.74, 6) is -0.857. The molecular formula is C28H25FN4O2. The lowest BCUT2D eigenvalue weighted by atomic mass is 9.96. The first-order chi connectivity index (χ1) is 17.0. The van der Waals surface area contributed by atoms with Crippen LogP contribution < -0.4 is 16.0 Å². The Kier molecular flexibility index (Phi) is 6.14. The summed E-state index contributed by atoms with van der Waals surface area (Å²) in [5.41, 5.74) is 9.66. The molecular weight excluding hydrogens is 443 g/mol. The Morgan fingerprint density at radius 2 is 1.63 bits per heavy atom. The molecule has 1 aromatic heterocycles. The van der Waals surface area contributed by atoms with Crippen molar-refractivity contribution in [1.82, 2.24) is 4.98 Å². The molecule has 0 bridgehead atoms. The smallest absolute Gasteiger partial charge is 0.256 e. The second kappa shape index (κ2) is 9.54. The van der Waals surface area contributed by atoms with Crippen molar-refractivity contribution in [2.75, 3.05) is 23.3 Å². The van der Waals surface area contributed by atoms with Gasteiger partial charge in [0.15, 0.2) is 0 Å². The summed E-state index contributed by atoms with van der Waals surface area (Å²) < 4.78 is 13.4. The topological polar surface area (TPSA) is 88.3 Å². The van der Waals surface area contributed by atoms with Crippen molar-refractivity contribution in [3.8, 4) is 11.3 Å². The van der Waals surface area contributed by atoms with Crippen LogP contribution in [0.5, 0.6) is 0 Å². The van der Waals surface area contributed by atoms with E-state index in [4.69, 9.17) is 5.73 Å². The summed E-state index contributed by atoms with van der Waals surface area (Å²) >= 11 is 0. The molecule has 2 amide bonds. The van der Waals surface area contributed by atoms with Crippen LogP contribution >= 0.6 is 0 Å². The van der Waals surface area contributed by atoms with Crippen LogP contribution in [0.1, 0.15) is 23.2 Å². The number of anilines is 2. The highest BCUT2D eigenvalue weighted by atomic mass is 19.1. The number of pyridine rings is 1. The molecule has 0 unspecified atom stereocenters. The number of primary amides is 1. The van der Waals surface area contributed by atoms with Gasteiger partial charge >= 0.3 is 0 Å². The molecule has 5 rings (SSSR count). The molecule has 3 N–H and O–H groups in total. The van der Waals surface area contributed by atoms with E-state index in [1.807, 2.05) is 48.5 Å². The number of hydrogen-bond donors (Lipinski definition) is 2. The van der Waals surface area contributed by atoms with Crippen LogP contribution in [0.4, 0.5) is 15.8 Å². The molecule has 1 fully saturated rings. The first-order valence-electron chi connectivity index (χ1n) is 11.6. The Labute approximate surface area is 202 Å². The Bertz CT molecular complexity index is 1380. The van der Waals surface area contributed by atoms with Crippen molar-refractivity contribution in [2.24, 2.45) is 11.7 Å². The minimum absolute atomic E-state index is 0.0557. The molecule has 0 atom stereocenters. The van der Waals surface area contributed by atoms with Gasteiger partial charge in [0.2, 0.25) is 5.91 Å². The van der Waals surface area contributed by atoms with Crippen LogP contribution in [0, 0.1) is 11.7 Å². The van der Waals surface area contributed by atoms with Gasteiger partial charge in [-0.25, -0.2) is 9.37 Å². The van der Waals surface area contributed by atoms with Crippen LogP contribution in [0.25, 0.3) is 22.2 Å². The zero-order valence-corrected chi connectivity index (χ0v) is 19.1. The third kappa shape index (κ3) is 4.84. The van der Waals surface area contributed by atoms with E-state index in [-0.39, 0.29) is 23.5 Å². The van der Waals surface area contributed by atoms with E-state index in [2.05, 4.69) is 15.2 Å². The maximum absolute atomic E-state index is 13.4. The minimum atomic E-state index is -0.326. The molecule has 1 aliphatic heterocycles. The lowest BCUT2D eigenvalue weighted by molar-refractivity contribution is -0.122. The molecule has 4 aromatic rings. The molecule has 35 heavy (non-hydrogen) atoms. The molecule has 7 heteroatoms. The van der Waals surface area contributed by atoms with Crippen LogP contribution in [-0.2, 0) is 4.79 Å². The number of hydrogen-bond acceptors (Lipinski definition) is 4. The number of halogens is 1. The SMILES string of the molecule is NC(=O)C1CCN(c2ccc(NC(=O)c3cc(-c4ccc(F)cc4)nc4ccccc34)cc2)CC1. The Morgan fingerprint density at radius 1 is 0.943 bits per heavy atom.